The molecule has 26 heavy (non-hydrogen) atoms. The van der Waals surface area contributed by atoms with Crippen LogP contribution in [0.15, 0.2) is 24.3 Å². The number of hydrogen-bond donors (Lipinski definition) is 2. The highest BCUT2D eigenvalue weighted by Gasteiger charge is 2.40. The van der Waals surface area contributed by atoms with E-state index in [0.29, 0.717) is 5.92 Å². The topological polar surface area (TPSA) is 50.7 Å². The maximum Gasteiger partial charge on any atom is 0.125 e. The molecule has 1 unspecified atom stereocenters. The first kappa shape index (κ1) is 19.7. The molecule has 1 heterocycles. The van der Waals surface area contributed by atoms with E-state index in [1.54, 1.807) is 7.11 Å². The van der Waals surface area contributed by atoms with Gasteiger partial charge in [0.1, 0.15) is 5.75 Å². The van der Waals surface area contributed by atoms with Gasteiger partial charge in [0.05, 0.1) is 12.2 Å². The van der Waals surface area contributed by atoms with Crippen LogP contribution < -0.4 is 10.1 Å². The molecular weight excluding hydrogens is 326 g/mol. The predicted molar refractivity (Wildman–Crippen MR) is 104 cm³/mol. The van der Waals surface area contributed by atoms with E-state index in [-0.39, 0.29) is 5.92 Å². The van der Waals surface area contributed by atoms with Gasteiger partial charge in [-0.3, -0.25) is 0 Å². The van der Waals surface area contributed by atoms with Crippen molar-refractivity contribution in [1.82, 2.24) is 5.32 Å². The van der Waals surface area contributed by atoms with Crippen molar-refractivity contribution in [1.29, 1.82) is 0 Å². The molecule has 0 aromatic heterocycles. The van der Waals surface area contributed by atoms with Crippen LogP contribution in [-0.2, 0) is 10.3 Å². The number of ether oxygens (including phenoxy) is 2. The first-order chi connectivity index (χ1) is 12.7. The van der Waals surface area contributed by atoms with E-state index in [9.17, 15) is 5.11 Å². The number of para-hydroxylation sites is 1. The van der Waals surface area contributed by atoms with Gasteiger partial charge in [-0.1, -0.05) is 24.6 Å². The summed E-state index contributed by atoms with van der Waals surface area (Å²) >= 11 is 0. The lowest BCUT2D eigenvalue weighted by Crippen LogP contribution is -2.44. The molecule has 1 saturated heterocycles. The molecule has 4 nitrogen and oxygen atoms in total. The fraction of sp³-hybridized carbons (Fsp3) is 0.727. The normalized spacial score (nSPS) is 23.2. The third kappa shape index (κ3) is 4.79. The van der Waals surface area contributed by atoms with Gasteiger partial charge >= 0.3 is 0 Å². The largest absolute Gasteiger partial charge is 0.493 e. The van der Waals surface area contributed by atoms with Crippen molar-refractivity contribution in [2.75, 3.05) is 33.4 Å². The minimum Gasteiger partial charge on any atom is -0.493 e. The van der Waals surface area contributed by atoms with E-state index in [1.807, 2.05) is 18.2 Å². The number of hydrogen-bond acceptors (Lipinski definition) is 4. The Morgan fingerprint density at radius 1 is 1.15 bits per heavy atom. The number of unbranched alkanes of at least 4 members (excludes halogenated alkanes) is 1. The summed E-state index contributed by atoms with van der Waals surface area (Å²) in [6.45, 7) is 3.45. The Bertz CT molecular complexity index is 540. The van der Waals surface area contributed by atoms with Crippen LogP contribution in [0.25, 0.3) is 0 Å². The van der Waals surface area contributed by atoms with Gasteiger partial charge in [0.2, 0.25) is 0 Å². The lowest BCUT2D eigenvalue weighted by Gasteiger charge is -2.40. The van der Waals surface area contributed by atoms with E-state index in [0.717, 1.165) is 69.7 Å². The first-order valence-electron chi connectivity index (χ1n) is 10.4. The highest BCUT2D eigenvalue weighted by molar-refractivity contribution is 5.39. The fourth-order valence-corrected chi connectivity index (χ4v) is 4.28. The molecule has 0 radical (unpaired) electrons. The van der Waals surface area contributed by atoms with E-state index >= 15 is 0 Å². The Kier molecular flexibility index (Phi) is 7.35. The van der Waals surface area contributed by atoms with Crippen molar-refractivity contribution in [3.8, 4) is 5.75 Å². The summed E-state index contributed by atoms with van der Waals surface area (Å²) in [5, 5.41) is 15.3. The standard InChI is InChI=1S/C22H35NO3/c1-25-15-5-4-13-22(24,19-10-7-14-23-16-19)20-11-2-3-12-21(20)26-17-18-8-6-9-18/h2-3,11-12,18-19,23-24H,4-10,13-17H2,1H3/t19-,22?/m1/s1. The maximum atomic E-state index is 11.9. The molecule has 1 aromatic rings. The van der Waals surface area contributed by atoms with Gasteiger partial charge in [-0.2, -0.15) is 0 Å². The van der Waals surface area contributed by atoms with Crippen molar-refractivity contribution >= 4 is 0 Å². The fourth-order valence-electron chi connectivity index (χ4n) is 4.28. The quantitative estimate of drug-likeness (QED) is 0.621. The Morgan fingerprint density at radius 3 is 2.69 bits per heavy atom. The third-order valence-corrected chi connectivity index (χ3v) is 6.18. The van der Waals surface area contributed by atoms with E-state index in [1.165, 1.54) is 19.3 Å². The van der Waals surface area contributed by atoms with Gasteiger partial charge in [0.25, 0.3) is 0 Å². The molecule has 2 atom stereocenters. The number of methoxy groups -OCH3 is 1. The van der Waals surface area contributed by atoms with Crippen molar-refractivity contribution in [2.45, 2.75) is 57.0 Å². The van der Waals surface area contributed by atoms with Crippen LogP contribution in [-0.4, -0.2) is 38.5 Å². The van der Waals surface area contributed by atoms with E-state index < -0.39 is 5.60 Å². The van der Waals surface area contributed by atoms with Crippen LogP contribution in [0.5, 0.6) is 5.75 Å². The monoisotopic (exact) mass is 361 g/mol. The lowest BCUT2D eigenvalue weighted by atomic mass is 9.74. The molecule has 1 aliphatic carbocycles. The molecular formula is C22H35NO3. The SMILES string of the molecule is COCCCCC(O)(c1ccccc1OCC1CCC1)[C@@H]1CCCNC1. The Labute approximate surface area is 158 Å². The Hall–Kier alpha value is -1.10. The van der Waals surface area contributed by atoms with Gasteiger partial charge in [0, 0.05) is 31.7 Å². The summed E-state index contributed by atoms with van der Waals surface area (Å²) in [6.07, 6.45) is 8.74. The Balaban J connectivity index is 1.77. The second kappa shape index (κ2) is 9.72. The van der Waals surface area contributed by atoms with Crippen LogP contribution in [0.4, 0.5) is 0 Å². The molecule has 1 aromatic carbocycles. The summed E-state index contributed by atoms with van der Waals surface area (Å²) < 4.78 is 11.4. The van der Waals surface area contributed by atoms with Crippen molar-refractivity contribution in [2.24, 2.45) is 11.8 Å². The van der Waals surface area contributed by atoms with Gasteiger partial charge in [-0.25, -0.2) is 0 Å². The molecule has 2 aliphatic rings. The molecule has 1 saturated carbocycles. The summed E-state index contributed by atoms with van der Waals surface area (Å²) in [6, 6.07) is 8.15. The highest BCUT2D eigenvalue weighted by atomic mass is 16.5. The molecule has 0 amide bonds. The molecule has 146 valence electrons. The van der Waals surface area contributed by atoms with Crippen LogP contribution in [0, 0.1) is 11.8 Å². The second-order valence-electron chi connectivity index (χ2n) is 8.02. The lowest BCUT2D eigenvalue weighted by molar-refractivity contribution is -0.0456. The van der Waals surface area contributed by atoms with Crippen LogP contribution in [0.2, 0.25) is 0 Å². The molecule has 2 N–H and O–H groups in total. The summed E-state index contributed by atoms with van der Waals surface area (Å²) in [4.78, 5) is 0. The number of nitrogens with one attached hydrogen (secondary N) is 1. The smallest absolute Gasteiger partial charge is 0.125 e. The minimum atomic E-state index is -0.836. The molecule has 1 aliphatic heterocycles. The second-order valence-corrected chi connectivity index (χ2v) is 8.02. The highest BCUT2D eigenvalue weighted by Crippen LogP contribution is 2.42. The number of rotatable bonds is 10. The summed E-state index contributed by atoms with van der Waals surface area (Å²) in [5.41, 5.74) is 0.141. The molecule has 2 fully saturated rings. The molecule has 3 rings (SSSR count). The molecule has 0 bridgehead atoms. The zero-order valence-corrected chi connectivity index (χ0v) is 16.2. The Morgan fingerprint density at radius 2 is 2.00 bits per heavy atom. The summed E-state index contributed by atoms with van der Waals surface area (Å²) in [5.74, 6) is 1.79. The van der Waals surface area contributed by atoms with Gasteiger partial charge in [0.15, 0.2) is 0 Å². The molecule has 0 spiro atoms. The van der Waals surface area contributed by atoms with Crippen LogP contribution in [0.1, 0.15) is 56.9 Å². The van der Waals surface area contributed by atoms with E-state index in [4.69, 9.17) is 9.47 Å². The van der Waals surface area contributed by atoms with Gasteiger partial charge < -0.3 is 19.9 Å². The number of piperidine rings is 1. The number of benzene rings is 1. The molecule has 4 heteroatoms. The van der Waals surface area contributed by atoms with Crippen molar-refractivity contribution in [3.63, 3.8) is 0 Å². The third-order valence-electron chi connectivity index (χ3n) is 6.18. The van der Waals surface area contributed by atoms with Gasteiger partial charge in [-0.15, -0.1) is 0 Å². The van der Waals surface area contributed by atoms with Crippen LogP contribution in [0.3, 0.4) is 0 Å². The average molecular weight is 362 g/mol. The van der Waals surface area contributed by atoms with Crippen LogP contribution >= 0.6 is 0 Å². The summed E-state index contributed by atoms with van der Waals surface area (Å²) in [7, 11) is 1.74. The zero-order chi connectivity index (χ0) is 18.2. The van der Waals surface area contributed by atoms with Gasteiger partial charge in [-0.05, 0) is 63.5 Å². The van der Waals surface area contributed by atoms with Crippen molar-refractivity contribution < 1.29 is 14.6 Å². The zero-order valence-electron chi connectivity index (χ0n) is 16.2. The predicted octanol–water partition coefficient (Wildman–Crippen LogP) is 3.87. The maximum absolute atomic E-state index is 11.9. The average Bonchev–Trinajstić information content (AvgIpc) is 2.65. The van der Waals surface area contributed by atoms with Crippen molar-refractivity contribution in [3.05, 3.63) is 29.8 Å². The number of aliphatic hydroxyl groups is 1. The minimum absolute atomic E-state index is 0.229. The first-order valence-corrected chi connectivity index (χ1v) is 10.4. The van der Waals surface area contributed by atoms with E-state index in [2.05, 4.69) is 11.4 Å².